The normalized spacial score (nSPS) is 20.2. The number of hydrogen-bond donors (Lipinski definition) is 0. The van der Waals surface area contributed by atoms with Crippen LogP contribution in [0.25, 0.3) is 0 Å². The number of aromatic nitrogens is 2. The van der Waals surface area contributed by atoms with Gasteiger partial charge in [0, 0.05) is 44.2 Å². The molecule has 25 heavy (non-hydrogen) atoms. The number of benzene rings is 1. The predicted molar refractivity (Wildman–Crippen MR) is 95.4 cm³/mol. The second kappa shape index (κ2) is 6.22. The molecule has 3 heterocycles. The van der Waals surface area contributed by atoms with E-state index in [1.54, 1.807) is 0 Å². The third-order valence-corrected chi connectivity index (χ3v) is 5.51. The maximum Gasteiger partial charge on any atom is 0.179 e. The summed E-state index contributed by atoms with van der Waals surface area (Å²) in [6.07, 6.45) is 6.61. The zero-order valence-electron chi connectivity index (χ0n) is 14.2. The van der Waals surface area contributed by atoms with Crippen LogP contribution in [0.2, 0.25) is 5.02 Å². The van der Waals surface area contributed by atoms with Crippen LogP contribution in [0.1, 0.15) is 42.3 Å². The van der Waals surface area contributed by atoms with E-state index >= 15 is 0 Å². The molecule has 6 heteroatoms. The summed E-state index contributed by atoms with van der Waals surface area (Å²) in [6.45, 7) is 4.15. The smallest absolute Gasteiger partial charge is 0.179 e. The Bertz CT molecular complexity index is 800. The molecule has 0 unspecified atom stereocenters. The summed E-state index contributed by atoms with van der Waals surface area (Å²) in [6, 6.07) is 4.79. The second-order valence-corrected chi connectivity index (χ2v) is 7.60. The Balaban J connectivity index is 1.34. The minimum absolute atomic E-state index is 0.644. The average Bonchev–Trinajstić information content (AvgIpc) is 3.39. The standard InChI is InChI=1S/C19H22ClN3O2/c20-15-8-13(9-18-19(15)25-7-1-6-24-18)10-22-5-4-17-16(11-22)21-12-23(17)14-2-3-14/h8-9,12,14H,1-7,10-11H2. The zero-order valence-corrected chi connectivity index (χ0v) is 15.0. The molecule has 0 atom stereocenters. The molecule has 2 aliphatic heterocycles. The number of imidazole rings is 1. The Labute approximate surface area is 152 Å². The Hall–Kier alpha value is -1.72. The van der Waals surface area contributed by atoms with Gasteiger partial charge in [-0.3, -0.25) is 4.90 Å². The van der Waals surface area contributed by atoms with Crippen molar-refractivity contribution in [3.63, 3.8) is 0 Å². The van der Waals surface area contributed by atoms with E-state index in [4.69, 9.17) is 21.1 Å². The van der Waals surface area contributed by atoms with Gasteiger partial charge in [-0.15, -0.1) is 0 Å². The number of ether oxygens (including phenoxy) is 2. The van der Waals surface area contributed by atoms with Gasteiger partial charge in [0.1, 0.15) is 0 Å². The monoisotopic (exact) mass is 359 g/mol. The van der Waals surface area contributed by atoms with Gasteiger partial charge in [0.25, 0.3) is 0 Å². The quantitative estimate of drug-likeness (QED) is 0.839. The van der Waals surface area contributed by atoms with Gasteiger partial charge in [0.05, 0.1) is 30.3 Å². The van der Waals surface area contributed by atoms with Crippen molar-refractivity contribution in [3.05, 3.63) is 40.4 Å². The highest BCUT2D eigenvalue weighted by atomic mass is 35.5. The molecule has 5 rings (SSSR count). The third kappa shape index (κ3) is 3.00. The molecular formula is C19H22ClN3O2. The van der Waals surface area contributed by atoms with Crippen molar-refractivity contribution in [2.45, 2.75) is 44.8 Å². The molecule has 3 aliphatic rings. The summed E-state index contributed by atoms with van der Waals surface area (Å²) in [5.74, 6) is 1.46. The van der Waals surface area contributed by atoms with Gasteiger partial charge >= 0.3 is 0 Å². The van der Waals surface area contributed by atoms with Gasteiger partial charge in [-0.25, -0.2) is 4.98 Å². The second-order valence-electron chi connectivity index (χ2n) is 7.19. The van der Waals surface area contributed by atoms with Gasteiger partial charge in [-0.1, -0.05) is 11.6 Å². The highest BCUT2D eigenvalue weighted by molar-refractivity contribution is 6.32. The minimum Gasteiger partial charge on any atom is -0.489 e. The fourth-order valence-electron chi connectivity index (χ4n) is 3.82. The first-order valence-electron chi connectivity index (χ1n) is 9.13. The summed E-state index contributed by atoms with van der Waals surface area (Å²) >= 11 is 6.42. The summed E-state index contributed by atoms with van der Waals surface area (Å²) in [5.41, 5.74) is 3.84. The van der Waals surface area contributed by atoms with Crippen LogP contribution in [0.4, 0.5) is 0 Å². The molecule has 1 aliphatic carbocycles. The molecule has 1 saturated carbocycles. The van der Waals surface area contributed by atoms with Gasteiger partial charge in [0.2, 0.25) is 0 Å². The molecule has 1 aromatic carbocycles. The summed E-state index contributed by atoms with van der Waals surface area (Å²) < 4.78 is 13.9. The Morgan fingerprint density at radius 1 is 1.20 bits per heavy atom. The van der Waals surface area contributed by atoms with Gasteiger partial charge < -0.3 is 14.0 Å². The van der Waals surface area contributed by atoms with Crippen LogP contribution in [0.5, 0.6) is 11.5 Å². The van der Waals surface area contributed by atoms with E-state index in [1.807, 2.05) is 12.4 Å². The first-order valence-corrected chi connectivity index (χ1v) is 9.50. The van der Waals surface area contributed by atoms with E-state index in [-0.39, 0.29) is 0 Å². The molecule has 0 radical (unpaired) electrons. The van der Waals surface area contributed by atoms with Crippen molar-refractivity contribution >= 4 is 11.6 Å². The van der Waals surface area contributed by atoms with Crippen LogP contribution in [0.15, 0.2) is 18.5 Å². The van der Waals surface area contributed by atoms with Crippen molar-refractivity contribution < 1.29 is 9.47 Å². The molecule has 0 N–H and O–H groups in total. The van der Waals surface area contributed by atoms with E-state index in [0.29, 0.717) is 30.0 Å². The van der Waals surface area contributed by atoms with Crippen LogP contribution in [0.3, 0.4) is 0 Å². The van der Waals surface area contributed by atoms with E-state index in [0.717, 1.165) is 38.2 Å². The lowest BCUT2D eigenvalue weighted by molar-refractivity contribution is 0.239. The van der Waals surface area contributed by atoms with Crippen LogP contribution >= 0.6 is 11.6 Å². The van der Waals surface area contributed by atoms with Crippen molar-refractivity contribution in [1.82, 2.24) is 14.5 Å². The average molecular weight is 360 g/mol. The number of rotatable bonds is 3. The molecule has 5 nitrogen and oxygen atoms in total. The Kier molecular flexibility index (Phi) is 3.86. The van der Waals surface area contributed by atoms with Crippen molar-refractivity contribution in [2.24, 2.45) is 0 Å². The molecule has 0 saturated heterocycles. The fourth-order valence-corrected chi connectivity index (χ4v) is 4.11. The van der Waals surface area contributed by atoms with E-state index in [9.17, 15) is 0 Å². The van der Waals surface area contributed by atoms with Gasteiger partial charge in [0.15, 0.2) is 11.5 Å². The van der Waals surface area contributed by atoms with Crippen LogP contribution in [0, 0.1) is 0 Å². The third-order valence-electron chi connectivity index (χ3n) is 5.23. The van der Waals surface area contributed by atoms with Crippen LogP contribution in [-0.4, -0.2) is 34.2 Å². The highest BCUT2D eigenvalue weighted by Gasteiger charge is 2.29. The molecule has 0 amide bonds. The molecule has 2 aromatic rings. The number of fused-ring (bicyclic) bond motifs is 2. The summed E-state index contributed by atoms with van der Waals surface area (Å²) in [5, 5.41) is 0.644. The SMILES string of the molecule is Clc1cc(CN2CCc3c(ncn3C3CC3)C2)cc2c1OCCCO2. The van der Waals surface area contributed by atoms with Crippen molar-refractivity contribution in [3.8, 4) is 11.5 Å². The molecule has 0 spiro atoms. The van der Waals surface area contributed by atoms with Crippen LogP contribution in [-0.2, 0) is 19.5 Å². The highest BCUT2D eigenvalue weighted by Crippen LogP contribution is 2.39. The minimum atomic E-state index is 0.644. The number of nitrogens with zero attached hydrogens (tertiary/aromatic N) is 3. The molecule has 1 fully saturated rings. The lowest BCUT2D eigenvalue weighted by Crippen LogP contribution is -2.31. The van der Waals surface area contributed by atoms with Crippen molar-refractivity contribution in [2.75, 3.05) is 19.8 Å². The number of halogens is 1. The molecule has 0 bridgehead atoms. The summed E-state index contributed by atoms with van der Waals surface area (Å²) in [7, 11) is 0. The van der Waals surface area contributed by atoms with E-state index in [1.165, 1.54) is 29.8 Å². The lowest BCUT2D eigenvalue weighted by Gasteiger charge is -2.27. The Morgan fingerprint density at radius 3 is 2.96 bits per heavy atom. The zero-order chi connectivity index (χ0) is 16.8. The Morgan fingerprint density at radius 2 is 2.08 bits per heavy atom. The first-order chi connectivity index (χ1) is 12.3. The maximum atomic E-state index is 6.42. The van der Waals surface area contributed by atoms with Gasteiger partial charge in [-0.2, -0.15) is 0 Å². The topological polar surface area (TPSA) is 39.5 Å². The molecule has 132 valence electrons. The van der Waals surface area contributed by atoms with E-state index < -0.39 is 0 Å². The van der Waals surface area contributed by atoms with Crippen molar-refractivity contribution in [1.29, 1.82) is 0 Å². The van der Waals surface area contributed by atoms with E-state index in [2.05, 4.69) is 20.5 Å². The lowest BCUT2D eigenvalue weighted by atomic mass is 10.1. The van der Waals surface area contributed by atoms with Gasteiger partial charge in [-0.05, 0) is 30.5 Å². The molecular weight excluding hydrogens is 338 g/mol. The number of hydrogen-bond acceptors (Lipinski definition) is 4. The predicted octanol–water partition coefficient (Wildman–Crippen LogP) is 3.59. The largest absolute Gasteiger partial charge is 0.489 e. The molecule has 1 aromatic heterocycles. The van der Waals surface area contributed by atoms with Crippen LogP contribution < -0.4 is 9.47 Å². The summed E-state index contributed by atoms with van der Waals surface area (Å²) in [4.78, 5) is 7.09. The first kappa shape index (κ1) is 15.5. The fraction of sp³-hybridized carbons (Fsp3) is 0.526. The maximum absolute atomic E-state index is 6.42.